The zero-order chi connectivity index (χ0) is 21.7. The minimum atomic E-state index is -0.469. The Balaban J connectivity index is 1.48. The molecule has 2 heterocycles. The quantitative estimate of drug-likeness (QED) is 0.526. The second-order valence-electron chi connectivity index (χ2n) is 6.73. The lowest BCUT2D eigenvalue weighted by atomic mass is 10.1. The SMILES string of the molecule is COc1cccc(CNC(=O)COC(=O)CCc2c(C)nc3nc(N)nn3c2C)c1. The van der Waals surface area contributed by atoms with Gasteiger partial charge in [-0.25, -0.2) is 4.98 Å². The predicted octanol–water partition coefficient (Wildman–Crippen LogP) is 1.12. The van der Waals surface area contributed by atoms with Crippen molar-refractivity contribution >= 4 is 23.6 Å². The number of esters is 1. The number of ether oxygens (including phenoxy) is 2. The minimum absolute atomic E-state index is 0.113. The Morgan fingerprint density at radius 2 is 2.03 bits per heavy atom. The van der Waals surface area contributed by atoms with Gasteiger partial charge in [0.25, 0.3) is 11.7 Å². The third-order valence-corrected chi connectivity index (χ3v) is 4.63. The molecule has 0 saturated heterocycles. The summed E-state index contributed by atoms with van der Waals surface area (Å²) in [4.78, 5) is 32.4. The molecule has 30 heavy (non-hydrogen) atoms. The average Bonchev–Trinajstić information content (AvgIpc) is 3.11. The molecule has 10 heteroatoms. The fourth-order valence-electron chi connectivity index (χ4n) is 3.07. The molecule has 2 aromatic heterocycles. The Hall–Kier alpha value is -3.69. The lowest BCUT2D eigenvalue weighted by Crippen LogP contribution is -2.28. The average molecular weight is 412 g/mol. The third kappa shape index (κ3) is 5.02. The van der Waals surface area contributed by atoms with Crippen LogP contribution in [0.4, 0.5) is 5.95 Å². The fraction of sp³-hybridized carbons (Fsp3) is 0.350. The van der Waals surface area contributed by atoms with Crippen LogP contribution in [0.5, 0.6) is 5.75 Å². The number of amides is 1. The van der Waals surface area contributed by atoms with Crippen molar-refractivity contribution < 1.29 is 19.1 Å². The summed E-state index contributed by atoms with van der Waals surface area (Å²) in [7, 11) is 1.58. The standard InChI is InChI=1S/C20H24N6O4/c1-12-16(13(2)26-20(23-12)24-19(21)25-26)7-8-18(28)30-11-17(27)22-10-14-5-4-6-15(9-14)29-3/h4-6,9H,7-8,10-11H2,1-3H3,(H2,21,25)(H,22,27). The van der Waals surface area contributed by atoms with Crippen LogP contribution in [0.3, 0.4) is 0 Å². The first-order valence-electron chi connectivity index (χ1n) is 9.41. The first-order valence-corrected chi connectivity index (χ1v) is 9.41. The lowest BCUT2D eigenvalue weighted by molar-refractivity contribution is -0.148. The highest BCUT2D eigenvalue weighted by Gasteiger charge is 2.15. The number of nitrogens with two attached hydrogens (primary N) is 1. The van der Waals surface area contributed by atoms with Crippen molar-refractivity contribution in [2.24, 2.45) is 0 Å². The van der Waals surface area contributed by atoms with Gasteiger partial charge in [0, 0.05) is 24.4 Å². The van der Waals surface area contributed by atoms with Crippen molar-refractivity contribution in [2.75, 3.05) is 19.5 Å². The molecule has 158 valence electrons. The number of hydrogen-bond donors (Lipinski definition) is 2. The van der Waals surface area contributed by atoms with Gasteiger partial charge in [-0.05, 0) is 43.5 Å². The van der Waals surface area contributed by atoms with Crippen LogP contribution in [0.1, 0.15) is 28.9 Å². The van der Waals surface area contributed by atoms with Crippen LogP contribution in [0.15, 0.2) is 24.3 Å². The van der Waals surface area contributed by atoms with E-state index < -0.39 is 5.97 Å². The second kappa shape index (κ2) is 9.21. The molecule has 3 rings (SSSR count). The van der Waals surface area contributed by atoms with E-state index in [2.05, 4.69) is 20.4 Å². The number of hydrogen-bond acceptors (Lipinski definition) is 8. The molecular formula is C20H24N6O4. The van der Waals surface area contributed by atoms with Crippen molar-refractivity contribution in [3.05, 3.63) is 46.8 Å². The fourth-order valence-corrected chi connectivity index (χ4v) is 3.07. The van der Waals surface area contributed by atoms with E-state index in [9.17, 15) is 9.59 Å². The number of nitrogen functional groups attached to an aromatic ring is 1. The molecule has 0 atom stereocenters. The molecule has 0 aliphatic heterocycles. The number of nitrogens with zero attached hydrogens (tertiary/aromatic N) is 4. The van der Waals surface area contributed by atoms with Gasteiger partial charge >= 0.3 is 5.97 Å². The summed E-state index contributed by atoms with van der Waals surface area (Å²) in [6.45, 7) is 3.68. The van der Waals surface area contributed by atoms with Gasteiger partial charge in [-0.2, -0.15) is 9.50 Å². The van der Waals surface area contributed by atoms with E-state index in [0.717, 1.165) is 22.5 Å². The Morgan fingerprint density at radius 3 is 2.80 bits per heavy atom. The molecule has 0 spiro atoms. The van der Waals surface area contributed by atoms with Crippen LogP contribution in [0.2, 0.25) is 0 Å². The summed E-state index contributed by atoms with van der Waals surface area (Å²) in [6.07, 6.45) is 0.521. The number of anilines is 1. The van der Waals surface area contributed by atoms with Crippen molar-refractivity contribution in [3.8, 4) is 5.75 Å². The summed E-state index contributed by atoms with van der Waals surface area (Å²) in [5, 5.41) is 6.81. The van der Waals surface area contributed by atoms with Crippen LogP contribution in [-0.2, 0) is 27.3 Å². The summed E-state index contributed by atoms with van der Waals surface area (Å²) in [5.41, 5.74) is 8.93. The molecule has 1 amide bonds. The highest BCUT2D eigenvalue weighted by atomic mass is 16.5. The topological polar surface area (TPSA) is 134 Å². The number of nitrogens with one attached hydrogen (secondary N) is 1. The van der Waals surface area contributed by atoms with Gasteiger partial charge in [0.1, 0.15) is 5.75 Å². The highest BCUT2D eigenvalue weighted by molar-refractivity contribution is 5.80. The molecule has 0 radical (unpaired) electrons. The summed E-state index contributed by atoms with van der Waals surface area (Å²) in [6, 6.07) is 7.35. The normalized spacial score (nSPS) is 10.8. The molecule has 0 fully saturated rings. The second-order valence-corrected chi connectivity index (χ2v) is 6.73. The summed E-state index contributed by atoms with van der Waals surface area (Å²) < 4.78 is 11.8. The third-order valence-electron chi connectivity index (χ3n) is 4.63. The first-order chi connectivity index (χ1) is 14.4. The number of carbonyl (C=O) groups is 2. The van der Waals surface area contributed by atoms with E-state index in [1.165, 1.54) is 0 Å². The number of aromatic nitrogens is 4. The molecule has 10 nitrogen and oxygen atoms in total. The number of rotatable bonds is 8. The zero-order valence-corrected chi connectivity index (χ0v) is 17.1. The molecule has 0 bridgehead atoms. The minimum Gasteiger partial charge on any atom is -0.497 e. The maximum absolute atomic E-state index is 12.1. The highest BCUT2D eigenvalue weighted by Crippen LogP contribution is 2.16. The van der Waals surface area contributed by atoms with Crippen LogP contribution >= 0.6 is 0 Å². The van der Waals surface area contributed by atoms with Crippen LogP contribution in [0, 0.1) is 13.8 Å². The Kier molecular flexibility index (Phi) is 6.45. The van der Waals surface area contributed by atoms with E-state index in [-0.39, 0.29) is 24.9 Å². The molecule has 0 saturated carbocycles. The Morgan fingerprint density at radius 1 is 1.23 bits per heavy atom. The van der Waals surface area contributed by atoms with Crippen LogP contribution < -0.4 is 15.8 Å². The number of methoxy groups -OCH3 is 1. The molecule has 3 N–H and O–H groups in total. The van der Waals surface area contributed by atoms with Crippen molar-refractivity contribution in [2.45, 2.75) is 33.2 Å². The Bertz CT molecular complexity index is 1080. The largest absolute Gasteiger partial charge is 0.497 e. The van der Waals surface area contributed by atoms with Crippen molar-refractivity contribution in [1.82, 2.24) is 24.9 Å². The lowest BCUT2D eigenvalue weighted by Gasteiger charge is -2.10. The number of benzene rings is 1. The van der Waals surface area contributed by atoms with Gasteiger partial charge in [0.05, 0.1) is 7.11 Å². The predicted molar refractivity (Wildman–Crippen MR) is 109 cm³/mol. The molecule has 0 unspecified atom stereocenters. The number of aryl methyl sites for hydroxylation is 2. The van der Waals surface area contributed by atoms with Gasteiger partial charge in [0.2, 0.25) is 5.95 Å². The van der Waals surface area contributed by atoms with E-state index in [1.807, 2.05) is 38.1 Å². The first kappa shape index (κ1) is 21.0. The van der Waals surface area contributed by atoms with Gasteiger partial charge in [0.15, 0.2) is 6.61 Å². The smallest absolute Gasteiger partial charge is 0.306 e. The van der Waals surface area contributed by atoms with E-state index in [1.54, 1.807) is 11.6 Å². The van der Waals surface area contributed by atoms with E-state index >= 15 is 0 Å². The van der Waals surface area contributed by atoms with E-state index in [4.69, 9.17) is 15.2 Å². The van der Waals surface area contributed by atoms with Gasteiger partial charge in [-0.3, -0.25) is 9.59 Å². The van der Waals surface area contributed by atoms with Crippen molar-refractivity contribution in [3.63, 3.8) is 0 Å². The molecule has 3 aromatic rings. The van der Waals surface area contributed by atoms with Gasteiger partial charge in [-0.15, -0.1) is 5.10 Å². The molecule has 0 aliphatic carbocycles. The molecular weight excluding hydrogens is 388 g/mol. The summed E-state index contributed by atoms with van der Waals surface area (Å²) in [5.74, 6) is 0.423. The summed E-state index contributed by atoms with van der Waals surface area (Å²) >= 11 is 0. The zero-order valence-electron chi connectivity index (χ0n) is 17.1. The number of fused-ring (bicyclic) bond motifs is 1. The van der Waals surface area contributed by atoms with Gasteiger partial charge in [-0.1, -0.05) is 12.1 Å². The molecule has 0 aliphatic rings. The maximum Gasteiger partial charge on any atom is 0.306 e. The monoisotopic (exact) mass is 412 g/mol. The van der Waals surface area contributed by atoms with E-state index in [0.29, 0.717) is 24.5 Å². The van der Waals surface area contributed by atoms with Crippen molar-refractivity contribution in [1.29, 1.82) is 0 Å². The van der Waals surface area contributed by atoms with Gasteiger partial charge < -0.3 is 20.5 Å². The maximum atomic E-state index is 12.1. The van der Waals surface area contributed by atoms with Crippen LogP contribution in [0.25, 0.3) is 5.78 Å². The Labute approximate surface area is 173 Å². The number of carbonyl (C=O) groups excluding carboxylic acids is 2. The molecule has 1 aromatic carbocycles. The van der Waals surface area contributed by atoms with Crippen LogP contribution in [-0.4, -0.2) is 45.2 Å².